The molecule has 180 valence electrons. The molecule has 0 saturated carbocycles. The maximum absolute atomic E-state index is 11.2. The Labute approximate surface area is 218 Å². The lowest BCUT2D eigenvalue weighted by Gasteiger charge is -2.18. The lowest BCUT2D eigenvalue weighted by Crippen LogP contribution is -3.00. The maximum Gasteiger partial charge on any atom is 0.244 e. The van der Waals surface area contributed by atoms with Crippen LogP contribution < -0.4 is 17.3 Å². The average Bonchev–Trinajstić information content (AvgIpc) is 3.32. The molecule has 0 aromatic heterocycles. The molecule has 0 atom stereocenters. The Kier molecular flexibility index (Phi) is 6.19. The fourth-order valence-electron chi connectivity index (χ4n) is 5.76. The van der Waals surface area contributed by atoms with Gasteiger partial charge in [-0.15, -0.1) is 0 Å². The topological polar surface area (TPSA) is 26.5 Å². The Morgan fingerprint density at radius 2 is 1.31 bits per heavy atom. The van der Waals surface area contributed by atoms with Crippen LogP contribution in [0.2, 0.25) is 0 Å². The largest absolute Gasteiger partial charge is 1.00 e. The van der Waals surface area contributed by atoms with Gasteiger partial charge in [-0.1, -0.05) is 78.4 Å². The predicted octanol–water partition coefficient (Wildman–Crippen LogP) is 4.49. The van der Waals surface area contributed by atoms with Crippen molar-refractivity contribution < 1.29 is 22.1 Å². The molecule has 0 unspecified atom stereocenters. The second kappa shape index (κ2) is 9.33. The van der Waals surface area contributed by atoms with Crippen LogP contribution in [0.25, 0.3) is 32.7 Å². The number of hydrogen-bond donors (Lipinski definition) is 1. The highest BCUT2D eigenvalue weighted by atomic mass is 35.5. The number of benzene rings is 5. The number of fused-ring (bicyclic) bond motifs is 2. The quantitative estimate of drug-likeness (QED) is 0.376. The van der Waals surface area contributed by atoms with Crippen molar-refractivity contribution in [3.8, 4) is 16.9 Å². The first-order chi connectivity index (χ1) is 17.0. The number of aryl methyl sites for hydroxylation is 3. The van der Waals surface area contributed by atoms with Crippen molar-refractivity contribution in [1.29, 1.82) is 0 Å². The van der Waals surface area contributed by atoms with E-state index in [1.165, 1.54) is 27.8 Å². The van der Waals surface area contributed by atoms with Crippen LogP contribution >= 0.6 is 0 Å². The number of nitrogens with zero attached hydrogens (tertiary/aromatic N) is 2. The normalized spacial score (nSPS) is 13.2. The van der Waals surface area contributed by atoms with E-state index in [1.54, 1.807) is 0 Å². The molecule has 1 heterocycles. The zero-order valence-corrected chi connectivity index (χ0v) is 21.6. The van der Waals surface area contributed by atoms with Crippen LogP contribution in [-0.2, 0) is 0 Å². The van der Waals surface area contributed by atoms with E-state index in [-0.39, 0.29) is 12.4 Å². The first-order valence-electron chi connectivity index (χ1n) is 12.2. The van der Waals surface area contributed by atoms with Crippen molar-refractivity contribution in [1.82, 2.24) is 0 Å². The minimum Gasteiger partial charge on any atom is -1.00 e. The number of rotatable bonds is 3. The van der Waals surface area contributed by atoms with Gasteiger partial charge in [-0.25, -0.2) is 9.48 Å². The summed E-state index contributed by atoms with van der Waals surface area (Å²) in [6.07, 6.45) is 2.24. The number of aromatic hydroxyl groups is 1. The summed E-state index contributed by atoms with van der Waals surface area (Å²) < 4.78 is 2.37. The van der Waals surface area contributed by atoms with Gasteiger partial charge in [0.25, 0.3) is 0 Å². The Morgan fingerprint density at radius 1 is 0.722 bits per heavy atom. The third-order valence-corrected chi connectivity index (χ3v) is 7.16. The molecule has 0 spiro atoms. The van der Waals surface area contributed by atoms with Crippen LogP contribution in [0.1, 0.15) is 16.7 Å². The summed E-state index contributed by atoms with van der Waals surface area (Å²) in [5.74, 6) is 0.308. The minimum atomic E-state index is 0. The first-order valence-corrected chi connectivity index (χ1v) is 12.2. The van der Waals surface area contributed by atoms with Gasteiger partial charge in [0.05, 0.1) is 0 Å². The molecule has 1 aliphatic rings. The molecule has 0 fully saturated rings. The summed E-state index contributed by atoms with van der Waals surface area (Å²) >= 11 is 0. The lowest BCUT2D eigenvalue weighted by molar-refractivity contribution is -0.425. The second-order valence-electron chi connectivity index (χ2n) is 9.61. The van der Waals surface area contributed by atoms with E-state index in [1.807, 2.05) is 24.3 Å². The van der Waals surface area contributed by atoms with E-state index in [4.69, 9.17) is 0 Å². The zero-order valence-electron chi connectivity index (χ0n) is 20.8. The van der Waals surface area contributed by atoms with E-state index in [9.17, 15) is 5.11 Å². The Bertz CT molecular complexity index is 1630. The highest BCUT2D eigenvalue weighted by Crippen LogP contribution is 2.45. The van der Waals surface area contributed by atoms with Gasteiger partial charge in [0.15, 0.2) is 0 Å². The van der Waals surface area contributed by atoms with Crippen molar-refractivity contribution in [3.63, 3.8) is 0 Å². The van der Waals surface area contributed by atoms with Crippen LogP contribution in [0.5, 0.6) is 5.75 Å². The van der Waals surface area contributed by atoms with E-state index >= 15 is 0 Å². The van der Waals surface area contributed by atoms with Gasteiger partial charge in [0.1, 0.15) is 30.2 Å². The van der Waals surface area contributed by atoms with Gasteiger partial charge in [-0.2, -0.15) is 0 Å². The molecule has 0 saturated heterocycles. The zero-order chi connectivity index (χ0) is 24.1. The number of phenolic OH excluding ortho intramolecular Hbond substituents is 1. The molecule has 5 aromatic carbocycles. The van der Waals surface area contributed by atoms with Gasteiger partial charge in [0, 0.05) is 11.1 Å². The standard InChI is InChI=1S/C32H28N2O.ClH/c1-21-18-22(2)32(23(3)19-21)34-17-16-33(20-34)28-14-12-24-8-4-6-10-26(24)30(28)31-27-11-7-5-9-25(27)13-15-29(31)35;/h4-15,18-20H,16-17H2,1-3H3;1H. The van der Waals surface area contributed by atoms with Gasteiger partial charge < -0.3 is 17.5 Å². The fourth-order valence-corrected chi connectivity index (χ4v) is 5.76. The summed E-state index contributed by atoms with van der Waals surface area (Å²) in [5, 5.41) is 15.7. The molecule has 36 heavy (non-hydrogen) atoms. The SMILES string of the molecule is Cc1cc(C)c([N+]2=CN(c3ccc4ccccc4c3-c3c(O)ccc4ccccc34)CC2)c(C)c1.[Cl-]. The average molecular weight is 493 g/mol. The number of halogens is 1. The van der Waals surface area contributed by atoms with Crippen LogP contribution in [0.4, 0.5) is 11.4 Å². The highest BCUT2D eigenvalue weighted by Gasteiger charge is 2.29. The third-order valence-electron chi connectivity index (χ3n) is 7.16. The molecule has 0 amide bonds. The smallest absolute Gasteiger partial charge is 0.244 e. The molecule has 4 heteroatoms. The van der Waals surface area contributed by atoms with Crippen molar-refractivity contribution >= 4 is 39.3 Å². The van der Waals surface area contributed by atoms with Gasteiger partial charge in [-0.3, -0.25) is 0 Å². The van der Waals surface area contributed by atoms with Crippen LogP contribution in [-0.4, -0.2) is 29.1 Å². The summed E-state index contributed by atoms with van der Waals surface area (Å²) in [6.45, 7) is 8.34. The molecular formula is C32H29ClN2O. The Morgan fingerprint density at radius 3 is 1.97 bits per heavy atom. The molecule has 5 aromatic rings. The van der Waals surface area contributed by atoms with E-state index < -0.39 is 0 Å². The van der Waals surface area contributed by atoms with Crippen molar-refractivity contribution in [2.45, 2.75) is 20.8 Å². The summed E-state index contributed by atoms with van der Waals surface area (Å²) in [4.78, 5) is 2.34. The van der Waals surface area contributed by atoms with Crippen molar-refractivity contribution in [2.75, 3.05) is 18.0 Å². The van der Waals surface area contributed by atoms with E-state index in [0.29, 0.717) is 5.75 Å². The number of hydrogen-bond acceptors (Lipinski definition) is 2. The summed E-state index contributed by atoms with van der Waals surface area (Å²) in [7, 11) is 0. The van der Waals surface area contributed by atoms with Crippen LogP contribution in [0.15, 0.2) is 84.9 Å². The molecule has 3 nitrogen and oxygen atoms in total. The molecule has 6 rings (SSSR count). The molecule has 0 radical (unpaired) electrons. The molecule has 1 N–H and O–H groups in total. The highest BCUT2D eigenvalue weighted by molar-refractivity contribution is 6.13. The summed E-state index contributed by atoms with van der Waals surface area (Å²) in [6, 6.07) is 29.5. The summed E-state index contributed by atoms with van der Waals surface area (Å²) in [5.41, 5.74) is 8.26. The monoisotopic (exact) mass is 492 g/mol. The molecule has 0 bridgehead atoms. The Hall–Kier alpha value is -3.82. The number of anilines is 1. The minimum absolute atomic E-state index is 0. The number of phenols is 1. The second-order valence-corrected chi connectivity index (χ2v) is 9.61. The molecule has 0 aliphatic carbocycles. The van der Waals surface area contributed by atoms with Gasteiger partial charge in [0.2, 0.25) is 6.34 Å². The third kappa shape index (κ3) is 3.90. The van der Waals surface area contributed by atoms with Gasteiger partial charge >= 0.3 is 0 Å². The van der Waals surface area contributed by atoms with Crippen LogP contribution in [0.3, 0.4) is 0 Å². The van der Waals surface area contributed by atoms with Crippen molar-refractivity contribution in [2.24, 2.45) is 0 Å². The Balaban J connectivity index is 0.00000267. The van der Waals surface area contributed by atoms with E-state index in [2.05, 4.69) is 97.2 Å². The predicted molar refractivity (Wildman–Crippen MR) is 147 cm³/mol. The molecule has 1 aliphatic heterocycles. The maximum atomic E-state index is 11.2. The van der Waals surface area contributed by atoms with Gasteiger partial charge in [-0.05, 0) is 65.6 Å². The lowest BCUT2D eigenvalue weighted by atomic mass is 9.91. The van der Waals surface area contributed by atoms with Crippen LogP contribution in [0, 0.1) is 20.8 Å². The first kappa shape index (κ1) is 23.9. The van der Waals surface area contributed by atoms with E-state index in [0.717, 1.165) is 46.1 Å². The molecular weight excluding hydrogens is 464 g/mol. The van der Waals surface area contributed by atoms with Crippen molar-refractivity contribution in [3.05, 3.63) is 102 Å². The fraction of sp³-hybridized carbons (Fsp3) is 0.156.